The molecule has 3 aliphatic rings. The third-order valence-electron chi connectivity index (χ3n) is 7.26. The Morgan fingerprint density at radius 1 is 1.14 bits per heavy atom. The van der Waals surface area contributed by atoms with E-state index in [4.69, 9.17) is 4.74 Å². The highest BCUT2D eigenvalue weighted by atomic mass is 16.6. The summed E-state index contributed by atoms with van der Waals surface area (Å²) >= 11 is 0. The van der Waals surface area contributed by atoms with Gasteiger partial charge >= 0.3 is 5.97 Å². The molecule has 1 aliphatic carbocycles. The first-order valence-corrected chi connectivity index (χ1v) is 12.2. The molecule has 9 heteroatoms. The van der Waals surface area contributed by atoms with Crippen molar-refractivity contribution in [2.75, 3.05) is 0 Å². The lowest BCUT2D eigenvalue weighted by molar-refractivity contribution is -0.157. The summed E-state index contributed by atoms with van der Waals surface area (Å²) in [4.78, 5) is 67.2. The van der Waals surface area contributed by atoms with Crippen LogP contribution in [-0.4, -0.2) is 51.6 Å². The van der Waals surface area contributed by atoms with Gasteiger partial charge in [-0.3, -0.25) is 24.0 Å². The SMILES string of the molecule is CC[C@@H]1C=C[C@H]([C@H](C)O)OC(=O)[C@@]2(C)C=CC(=O)NC3=C2C(=O)c2c(cc(C)c(O)c2C(=O)CC1)C3=O. The van der Waals surface area contributed by atoms with E-state index in [2.05, 4.69) is 5.32 Å². The lowest BCUT2D eigenvalue weighted by Crippen LogP contribution is -2.42. The van der Waals surface area contributed by atoms with E-state index in [1.54, 1.807) is 6.08 Å². The zero-order chi connectivity index (χ0) is 27.2. The molecule has 1 aromatic rings. The van der Waals surface area contributed by atoms with Gasteiger partial charge in [-0.25, -0.2) is 0 Å². The van der Waals surface area contributed by atoms with Crippen molar-refractivity contribution in [2.45, 2.75) is 59.2 Å². The van der Waals surface area contributed by atoms with Crippen molar-refractivity contribution in [3.63, 3.8) is 0 Å². The van der Waals surface area contributed by atoms with E-state index in [1.807, 2.05) is 6.92 Å². The molecular weight excluding hydrogens is 478 g/mol. The van der Waals surface area contributed by atoms with Gasteiger partial charge in [0.15, 0.2) is 11.6 Å². The topological polar surface area (TPSA) is 147 Å². The minimum Gasteiger partial charge on any atom is -0.507 e. The van der Waals surface area contributed by atoms with Gasteiger partial charge in [0.25, 0.3) is 0 Å². The van der Waals surface area contributed by atoms with Gasteiger partial charge in [0.2, 0.25) is 11.7 Å². The number of carbonyl (C=O) groups excluding carboxylic acids is 5. The molecule has 4 atom stereocenters. The number of ketones is 3. The minimum absolute atomic E-state index is 0.0211. The average molecular weight is 508 g/mol. The molecule has 1 aromatic carbocycles. The molecule has 0 fully saturated rings. The Bertz CT molecular complexity index is 1330. The van der Waals surface area contributed by atoms with Crippen molar-refractivity contribution in [1.82, 2.24) is 5.32 Å². The molecule has 9 nitrogen and oxygen atoms in total. The van der Waals surface area contributed by atoms with Gasteiger partial charge in [-0.15, -0.1) is 0 Å². The molecule has 0 radical (unpaired) electrons. The van der Waals surface area contributed by atoms with Crippen molar-refractivity contribution >= 4 is 29.2 Å². The van der Waals surface area contributed by atoms with E-state index in [1.165, 1.54) is 39.0 Å². The first-order valence-electron chi connectivity index (χ1n) is 12.2. The number of Topliss-reactive ketones (excluding diaryl/α,β-unsaturated/α-hetero) is 3. The predicted octanol–water partition coefficient (Wildman–Crippen LogP) is 2.88. The van der Waals surface area contributed by atoms with Gasteiger partial charge in [-0.2, -0.15) is 0 Å². The van der Waals surface area contributed by atoms with Crippen molar-refractivity contribution in [2.24, 2.45) is 11.3 Å². The van der Waals surface area contributed by atoms with E-state index in [0.29, 0.717) is 12.8 Å². The summed E-state index contributed by atoms with van der Waals surface area (Å²) < 4.78 is 5.64. The number of nitrogens with one attached hydrogen (secondary N) is 1. The van der Waals surface area contributed by atoms with Gasteiger partial charge in [0, 0.05) is 29.2 Å². The summed E-state index contributed by atoms with van der Waals surface area (Å²) in [5.41, 5.74) is -3.17. The fourth-order valence-corrected chi connectivity index (χ4v) is 4.94. The second-order valence-electron chi connectivity index (χ2n) is 9.90. The highest BCUT2D eigenvalue weighted by Gasteiger charge is 2.50. The summed E-state index contributed by atoms with van der Waals surface area (Å²) in [6, 6.07) is 1.30. The van der Waals surface area contributed by atoms with Crippen LogP contribution in [0.1, 0.15) is 76.7 Å². The van der Waals surface area contributed by atoms with Crippen LogP contribution in [0.2, 0.25) is 0 Å². The molecule has 2 aliphatic heterocycles. The Morgan fingerprint density at radius 2 is 1.84 bits per heavy atom. The quantitative estimate of drug-likeness (QED) is 0.409. The second kappa shape index (κ2) is 9.55. The van der Waals surface area contributed by atoms with Gasteiger partial charge in [-0.05, 0) is 57.2 Å². The Hall–Kier alpha value is -3.85. The van der Waals surface area contributed by atoms with Crippen LogP contribution in [0.3, 0.4) is 0 Å². The maximum Gasteiger partial charge on any atom is 0.321 e. The number of rotatable bonds is 2. The number of phenols is 1. The maximum absolute atomic E-state index is 14.1. The fraction of sp³-hybridized carbons (Fsp3) is 0.393. The molecule has 37 heavy (non-hydrogen) atoms. The molecule has 194 valence electrons. The number of aryl methyl sites for hydroxylation is 1. The largest absolute Gasteiger partial charge is 0.507 e. The zero-order valence-corrected chi connectivity index (χ0v) is 21.1. The Balaban J connectivity index is 2.04. The monoisotopic (exact) mass is 507 g/mol. The van der Waals surface area contributed by atoms with Crippen LogP contribution in [0.25, 0.3) is 0 Å². The van der Waals surface area contributed by atoms with Crippen LogP contribution in [0, 0.1) is 18.3 Å². The maximum atomic E-state index is 14.1. The predicted molar refractivity (Wildman–Crippen MR) is 132 cm³/mol. The number of aromatic hydroxyl groups is 1. The number of amides is 1. The number of ether oxygens (including phenoxy) is 1. The van der Waals surface area contributed by atoms with E-state index in [9.17, 15) is 34.2 Å². The summed E-state index contributed by atoms with van der Waals surface area (Å²) in [5.74, 6) is -4.35. The normalized spacial score (nSPS) is 26.9. The zero-order valence-electron chi connectivity index (χ0n) is 21.1. The standard InChI is InChI=1S/C28H29NO8/c1-5-15-6-8-17(31)21-20-16(12-13(2)24(21)33)25(34)23-22(26(20)35)28(4,11-10-19(32)29-23)27(36)37-18(9-7-15)14(3)30/h7,9-12,14-15,18,30,33H,5-6,8H2,1-4H3,(H,29,32)/t14-,15-,18+,28-/m0/s1. The van der Waals surface area contributed by atoms with Crippen molar-refractivity contribution < 1.29 is 38.9 Å². The number of carbonyl (C=O) groups is 5. The van der Waals surface area contributed by atoms with Crippen LogP contribution in [0.5, 0.6) is 5.75 Å². The third kappa shape index (κ3) is 4.33. The van der Waals surface area contributed by atoms with Crippen molar-refractivity contribution in [3.8, 4) is 5.75 Å². The number of hydrogen-bond donors (Lipinski definition) is 3. The van der Waals surface area contributed by atoms with Crippen molar-refractivity contribution in [1.29, 1.82) is 0 Å². The van der Waals surface area contributed by atoms with Crippen LogP contribution < -0.4 is 5.32 Å². The third-order valence-corrected chi connectivity index (χ3v) is 7.26. The summed E-state index contributed by atoms with van der Waals surface area (Å²) in [6.45, 7) is 6.20. The van der Waals surface area contributed by atoms with Crippen LogP contribution in [0.15, 0.2) is 41.6 Å². The Kier molecular flexibility index (Phi) is 6.77. The number of allylic oxidation sites excluding steroid dienone is 2. The smallest absolute Gasteiger partial charge is 0.321 e. The van der Waals surface area contributed by atoms with Crippen molar-refractivity contribution in [3.05, 3.63) is 63.9 Å². The summed E-state index contributed by atoms with van der Waals surface area (Å²) in [6.07, 6.45) is 4.31. The van der Waals surface area contributed by atoms with Gasteiger partial charge in [0.05, 0.1) is 17.4 Å². The molecule has 0 unspecified atom stereocenters. The van der Waals surface area contributed by atoms with Crippen LogP contribution >= 0.6 is 0 Å². The summed E-state index contributed by atoms with van der Waals surface area (Å²) in [7, 11) is 0. The lowest BCUT2D eigenvalue weighted by Gasteiger charge is -2.32. The fourth-order valence-electron chi connectivity index (χ4n) is 4.94. The van der Waals surface area contributed by atoms with Crippen LogP contribution in [-0.2, 0) is 14.3 Å². The molecule has 0 aromatic heterocycles. The van der Waals surface area contributed by atoms with E-state index >= 15 is 0 Å². The molecule has 0 spiro atoms. The summed E-state index contributed by atoms with van der Waals surface area (Å²) in [5, 5.41) is 23.6. The second-order valence-corrected chi connectivity index (χ2v) is 9.90. The van der Waals surface area contributed by atoms with Crippen LogP contribution in [0.4, 0.5) is 0 Å². The number of benzene rings is 1. The number of cyclic esters (lactones) is 1. The molecule has 2 bridgehead atoms. The molecule has 0 saturated heterocycles. The first kappa shape index (κ1) is 26.2. The molecule has 3 N–H and O–H groups in total. The van der Waals surface area contributed by atoms with E-state index in [-0.39, 0.29) is 40.2 Å². The number of aliphatic hydroxyl groups excluding tert-OH is 1. The average Bonchev–Trinajstić information content (AvgIpc) is 2.98. The van der Waals surface area contributed by atoms with Gasteiger partial charge in [-0.1, -0.05) is 19.1 Å². The number of hydrogen-bond acceptors (Lipinski definition) is 8. The lowest BCUT2D eigenvalue weighted by atomic mass is 9.71. The highest BCUT2D eigenvalue weighted by Crippen LogP contribution is 2.44. The molecule has 0 saturated carbocycles. The molecule has 1 amide bonds. The molecule has 4 rings (SSSR count). The number of aliphatic hydroxyl groups is 1. The molecular formula is C28H29NO8. The Labute approximate surface area is 213 Å². The highest BCUT2D eigenvalue weighted by molar-refractivity contribution is 6.32. The number of phenolic OH excluding ortho intramolecular Hbond substituents is 1. The Morgan fingerprint density at radius 3 is 2.49 bits per heavy atom. The number of esters is 1. The van der Waals surface area contributed by atoms with Gasteiger partial charge in [0.1, 0.15) is 17.3 Å². The van der Waals surface area contributed by atoms with E-state index in [0.717, 1.165) is 6.08 Å². The van der Waals surface area contributed by atoms with E-state index < -0.39 is 58.3 Å². The van der Waals surface area contributed by atoms with Gasteiger partial charge < -0.3 is 20.3 Å². The molecule has 2 heterocycles. The minimum atomic E-state index is -1.92. The first-order chi connectivity index (χ1) is 17.4.